The van der Waals surface area contributed by atoms with Crippen LogP contribution in [0.3, 0.4) is 0 Å². The maximum atomic E-state index is 12.4. The average Bonchev–Trinajstić information content (AvgIpc) is 2.95. The van der Waals surface area contributed by atoms with Crippen molar-refractivity contribution in [3.05, 3.63) is 24.3 Å². The number of unbranched alkanes of at least 4 members (excludes halogenated alkanes) is 2. The lowest BCUT2D eigenvalue weighted by atomic mass is 10.2. The smallest absolute Gasteiger partial charge is 0.233 e. The molecule has 5 heteroatoms. The zero-order valence-corrected chi connectivity index (χ0v) is 14.3. The monoisotopic (exact) mass is 319 g/mol. The van der Waals surface area contributed by atoms with E-state index >= 15 is 0 Å². The molecule has 1 aromatic carbocycles. The average molecular weight is 319 g/mol. The Bertz CT molecular complexity index is 555. The van der Waals surface area contributed by atoms with Gasteiger partial charge in [-0.15, -0.1) is 0 Å². The van der Waals surface area contributed by atoms with Crippen molar-refractivity contribution in [3.8, 4) is 0 Å². The molecule has 1 N–H and O–H groups in total. The first-order chi connectivity index (χ1) is 10.7. The van der Waals surface area contributed by atoms with Gasteiger partial charge >= 0.3 is 0 Å². The molecule has 0 fully saturated rings. The molecule has 0 unspecified atom stereocenters. The molecule has 1 amide bonds. The van der Waals surface area contributed by atoms with Crippen molar-refractivity contribution >= 4 is 28.7 Å². The SMILES string of the molecule is CCCCN(CCCC)C(=O)CSc1nc2ccccc2[nH]1. The zero-order chi connectivity index (χ0) is 15.8. The Morgan fingerprint density at radius 1 is 1.18 bits per heavy atom. The number of aromatic amines is 1. The molecule has 120 valence electrons. The number of amides is 1. The number of imidazole rings is 1. The Morgan fingerprint density at radius 2 is 1.86 bits per heavy atom. The van der Waals surface area contributed by atoms with E-state index in [1.54, 1.807) is 0 Å². The minimum Gasteiger partial charge on any atom is -0.342 e. The van der Waals surface area contributed by atoms with Crippen LogP contribution in [0.2, 0.25) is 0 Å². The molecule has 0 aliphatic heterocycles. The van der Waals surface area contributed by atoms with E-state index < -0.39 is 0 Å². The summed E-state index contributed by atoms with van der Waals surface area (Å²) in [7, 11) is 0. The third kappa shape index (κ3) is 4.77. The molecule has 22 heavy (non-hydrogen) atoms. The molecule has 0 aliphatic rings. The summed E-state index contributed by atoms with van der Waals surface area (Å²) < 4.78 is 0. The van der Waals surface area contributed by atoms with E-state index in [1.807, 2.05) is 29.2 Å². The van der Waals surface area contributed by atoms with Crippen molar-refractivity contribution in [2.75, 3.05) is 18.8 Å². The number of thioether (sulfide) groups is 1. The molecule has 0 atom stereocenters. The molecule has 2 aromatic rings. The molecule has 2 rings (SSSR count). The number of para-hydroxylation sites is 2. The van der Waals surface area contributed by atoms with Crippen molar-refractivity contribution in [1.29, 1.82) is 0 Å². The van der Waals surface area contributed by atoms with Crippen LogP contribution < -0.4 is 0 Å². The van der Waals surface area contributed by atoms with Gasteiger partial charge in [0.25, 0.3) is 0 Å². The van der Waals surface area contributed by atoms with Crippen LogP contribution in [-0.2, 0) is 4.79 Å². The quantitative estimate of drug-likeness (QED) is 0.708. The molecule has 1 aromatic heterocycles. The van der Waals surface area contributed by atoms with Gasteiger partial charge in [-0.2, -0.15) is 0 Å². The topological polar surface area (TPSA) is 49.0 Å². The first-order valence-corrected chi connectivity index (χ1v) is 9.08. The van der Waals surface area contributed by atoms with Gasteiger partial charge in [0.15, 0.2) is 5.16 Å². The molecule has 4 nitrogen and oxygen atoms in total. The van der Waals surface area contributed by atoms with Gasteiger partial charge in [-0.25, -0.2) is 4.98 Å². The lowest BCUT2D eigenvalue weighted by Crippen LogP contribution is -2.34. The van der Waals surface area contributed by atoms with Crippen LogP contribution in [-0.4, -0.2) is 39.6 Å². The Balaban J connectivity index is 1.90. The summed E-state index contributed by atoms with van der Waals surface area (Å²) in [4.78, 5) is 22.2. The van der Waals surface area contributed by atoms with Gasteiger partial charge in [-0.3, -0.25) is 4.79 Å². The number of nitrogens with one attached hydrogen (secondary N) is 1. The highest BCUT2D eigenvalue weighted by Crippen LogP contribution is 2.19. The van der Waals surface area contributed by atoms with E-state index in [9.17, 15) is 4.79 Å². The van der Waals surface area contributed by atoms with Crippen LogP contribution in [0, 0.1) is 0 Å². The first kappa shape index (κ1) is 16.9. The predicted octanol–water partition coefficient (Wildman–Crippen LogP) is 4.08. The van der Waals surface area contributed by atoms with Crippen LogP contribution in [0.1, 0.15) is 39.5 Å². The summed E-state index contributed by atoms with van der Waals surface area (Å²) in [6.45, 7) is 6.06. The van der Waals surface area contributed by atoms with Gasteiger partial charge in [0.2, 0.25) is 5.91 Å². The summed E-state index contributed by atoms with van der Waals surface area (Å²) in [5.74, 6) is 0.667. The molecule has 0 aliphatic carbocycles. The zero-order valence-electron chi connectivity index (χ0n) is 13.5. The number of fused-ring (bicyclic) bond motifs is 1. The van der Waals surface area contributed by atoms with Gasteiger partial charge < -0.3 is 9.88 Å². The number of hydrogen-bond acceptors (Lipinski definition) is 3. The van der Waals surface area contributed by atoms with Crippen LogP contribution >= 0.6 is 11.8 Å². The molecular weight excluding hydrogens is 294 g/mol. The van der Waals surface area contributed by atoms with Gasteiger partial charge in [0, 0.05) is 13.1 Å². The summed E-state index contributed by atoms with van der Waals surface area (Å²) in [5.41, 5.74) is 1.97. The molecule has 0 saturated carbocycles. The lowest BCUT2D eigenvalue weighted by molar-refractivity contribution is -0.128. The predicted molar refractivity (Wildman–Crippen MR) is 93.2 cm³/mol. The maximum Gasteiger partial charge on any atom is 0.233 e. The van der Waals surface area contributed by atoms with E-state index in [0.717, 1.165) is 55.0 Å². The fraction of sp³-hybridized carbons (Fsp3) is 0.529. The van der Waals surface area contributed by atoms with Crippen molar-refractivity contribution in [2.45, 2.75) is 44.7 Å². The van der Waals surface area contributed by atoms with Crippen LogP contribution in [0.4, 0.5) is 0 Å². The number of carbonyl (C=O) groups excluding carboxylic acids is 1. The Kier molecular flexibility index (Phi) is 6.77. The van der Waals surface area contributed by atoms with E-state index in [1.165, 1.54) is 11.8 Å². The number of nitrogens with zero attached hydrogens (tertiary/aromatic N) is 2. The van der Waals surface area contributed by atoms with Crippen LogP contribution in [0.25, 0.3) is 11.0 Å². The molecule has 0 bridgehead atoms. The highest BCUT2D eigenvalue weighted by atomic mass is 32.2. The number of aromatic nitrogens is 2. The molecule has 0 spiro atoms. The second kappa shape index (κ2) is 8.83. The second-order valence-corrected chi connectivity index (χ2v) is 6.40. The first-order valence-electron chi connectivity index (χ1n) is 8.10. The lowest BCUT2D eigenvalue weighted by Gasteiger charge is -2.22. The number of rotatable bonds is 9. The summed E-state index contributed by atoms with van der Waals surface area (Å²) in [6.07, 6.45) is 4.38. The van der Waals surface area contributed by atoms with Crippen LogP contribution in [0.15, 0.2) is 29.4 Å². The third-order valence-electron chi connectivity index (χ3n) is 3.62. The molecule has 1 heterocycles. The maximum absolute atomic E-state index is 12.4. The normalized spacial score (nSPS) is 11.0. The fourth-order valence-corrected chi connectivity index (χ4v) is 3.07. The minimum absolute atomic E-state index is 0.215. The number of carbonyl (C=O) groups is 1. The molecule has 0 radical (unpaired) electrons. The van der Waals surface area contributed by atoms with Gasteiger partial charge in [0.1, 0.15) is 0 Å². The van der Waals surface area contributed by atoms with E-state index in [2.05, 4.69) is 23.8 Å². The molecular formula is C17H25N3OS. The summed E-state index contributed by atoms with van der Waals surface area (Å²) in [6, 6.07) is 7.94. The highest BCUT2D eigenvalue weighted by molar-refractivity contribution is 7.99. The fourth-order valence-electron chi connectivity index (χ4n) is 2.28. The highest BCUT2D eigenvalue weighted by Gasteiger charge is 2.14. The standard InChI is InChI=1S/C17H25N3OS/c1-3-5-11-20(12-6-4-2)16(21)13-22-17-18-14-9-7-8-10-15(14)19-17/h7-10H,3-6,11-13H2,1-2H3,(H,18,19). The van der Waals surface area contributed by atoms with E-state index in [4.69, 9.17) is 0 Å². The number of benzene rings is 1. The van der Waals surface area contributed by atoms with Crippen molar-refractivity contribution < 1.29 is 4.79 Å². The molecule has 0 saturated heterocycles. The Labute approximate surface area is 136 Å². The van der Waals surface area contributed by atoms with Crippen LogP contribution in [0.5, 0.6) is 0 Å². The van der Waals surface area contributed by atoms with Crippen molar-refractivity contribution in [2.24, 2.45) is 0 Å². The second-order valence-electron chi connectivity index (χ2n) is 5.44. The Morgan fingerprint density at radius 3 is 2.50 bits per heavy atom. The third-order valence-corrected chi connectivity index (χ3v) is 4.47. The van der Waals surface area contributed by atoms with E-state index in [-0.39, 0.29) is 5.91 Å². The van der Waals surface area contributed by atoms with Crippen molar-refractivity contribution in [1.82, 2.24) is 14.9 Å². The number of hydrogen-bond donors (Lipinski definition) is 1. The van der Waals surface area contributed by atoms with Gasteiger partial charge in [-0.05, 0) is 25.0 Å². The number of H-pyrrole nitrogens is 1. The summed E-state index contributed by atoms with van der Waals surface area (Å²) >= 11 is 1.49. The van der Waals surface area contributed by atoms with Gasteiger partial charge in [-0.1, -0.05) is 50.6 Å². The Hall–Kier alpha value is -1.49. The van der Waals surface area contributed by atoms with E-state index in [0.29, 0.717) is 5.75 Å². The minimum atomic E-state index is 0.215. The summed E-state index contributed by atoms with van der Waals surface area (Å²) in [5, 5.41) is 0.820. The van der Waals surface area contributed by atoms with Gasteiger partial charge in [0.05, 0.1) is 16.8 Å². The largest absolute Gasteiger partial charge is 0.342 e. The van der Waals surface area contributed by atoms with Crippen molar-refractivity contribution in [3.63, 3.8) is 0 Å².